The molecule has 0 unspecified atom stereocenters. The number of fused-ring (bicyclic) bond motifs is 1. The minimum absolute atomic E-state index is 0.0380. The molecule has 4 aromatic carbocycles. The zero-order valence-corrected chi connectivity index (χ0v) is 23.1. The first-order valence-electron chi connectivity index (χ1n) is 14.0. The Balaban J connectivity index is 1.31. The van der Waals surface area contributed by atoms with Crippen molar-refractivity contribution < 1.29 is 9.59 Å². The molecule has 0 aromatic heterocycles. The van der Waals surface area contributed by atoms with Gasteiger partial charge in [0.05, 0.1) is 6.54 Å². The van der Waals surface area contributed by atoms with Gasteiger partial charge in [-0.2, -0.15) is 0 Å². The summed E-state index contributed by atoms with van der Waals surface area (Å²) in [5, 5.41) is 10.5. The highest BCUT2D eigenvalue weighted by molar-refractivity contribution is 5.96. The van der Waals surface area contributed by atoms with Crippen LogP contribution in [0.25, 0.3) is 0 Å². The molecule has 0 saturated carbocycles. The maximum atomic E-state index is 13.3. The summed E-state index contributed by atoms with van der Waals surface area (Å²) in [6.45, 7) is 1.49. The van der Waals surface area contributed by atoms with E-state index in [1.807, 2.05) is 89.8 Å². The Morgan fingerprint density at radius 2 is 1.59 bits per heavy atom. The summed E-state index contributed by atoms with van der Waals surface area (Å²) in [7, 11) is 0. The molecule has 0 aliphatic carbocycles. The molecule has 7 nitrogen and oxygen atoms in total. The third-order valence-electron chi connectivity index (χ3n) is 7.35. The number of para-hydroxylation sites is 1. The number of benzene rings is 4. The fraction of sp³-hybridized carbons (Fsp3) is 0.206. The molecule has 0 fully saturated rings. The topological polar surface area (TPSA) is 103 Å². The van der Waals surface area contributed by atoms with Gasteiger partial charge < -0.3 is 20.9 Å². The summed E-state index contributed by atoms with van der Waals surface area (Å²) >= 11 is 0. The van der Waals surface area contributed by atoms with Crippen LogP contribution in [0, 0.1) is 5.41 Å². The van der Waals surface area contributed by atoms with E-state index in [0.29, 0.717) is 31.5 Å². The van der Waals surface area contributed by atoms with Gasteiger partial charge >= 0.3 is 0 Å². The van der Waals surface area contributed by atoms with Crippen LogP contribution in [-0.4, -0.2) is 30.7 Å². The highest BCUT2D eigenvalue weighted by Crippen LogP contribution is 2.32. The first-order chi connectivity index (χ1) is 20.0. The SMILES string of the molecule is N=C(N)c1ccc(CCC(=O)N2CCCc3cc(N(CC(=O)Nc4ccccc4)Cc4ccccc4)ccc32)cc1. The molecular formula is C34H35N5O2. The Kier molecular flexibility index (Phi) is 8.74. The highest BCUT2D eigenvalue weighted by Gasteiger charge is 2.24. The largest absolute Gasteiger partial charge is 0.384 e. The maximum absolute atomic E-state index is 13.3. The lowest BCUT2D eigenvalue weighted by Gasteiger charge is -2.32. The minimum atomic E-state index is -0.0852. The van der Waals surface area contributed by atoms with Crippen molar-refractivity contribution >= 4 is 34.7 Å². The lowest BCUT2D eigenvalue weighted by atomic mass is 9.99. The number of hydrogen-bond donors (Lipinski definition) is 3. The fourth-order valence-electron chi connectivity index (χ4n) is 5.21. The Hall–Kier alpha value is -4.91. The van der Waals surface area contributed by atoms with Crippen LogP contribution in [0.3, 0.4) is 0 Å². The summed E-state index contributed by atoms with van der Waals surface area (Å²) in [5.74, 6) is 0.0480. The third-order valence-corrected chi connectivity index (χ3v) is 7.35. The number of nitrogens with two attached hydrogens (primary N) is 1. The van der Waals surface area contributed by atoms with Crippen molar-refractivity contribution in [2.45, 2.75) is 32.2 Å². The first-order valence-corrected chi connectivity index (χ1v) is 14.0. The molecule has 0 atom stereocenters. The standard InChI is InChI=1S/C34H35N5O2/c35-34(36)27-16-13-25(14-17-27)15-20-33(41)39-21-7-10-28-22-30(18-19-31(28)39)38(23-26-8-3-1-4-9-26)24-32(40)37-29-11-5-2-6-12-29/h1-6,8-9,11-14,16-19,22H,7,10,15,20-21,23-24H2,(H3,35,36)(H,37,40). The van der Waals surface area contributed by atoms with Crippen molar-refractivity contribution in [3.05, 3.63) is 125 Å². The van der Waals surface area contributed by atoms with E-state index in [2.05, 4.69) is 28.4 Å². The number of carbonyl (C=O) groups is 2. The molecule has 0 saturated heterocycles. The monoisotopic (exact) mass is 545 g/mol. The van der Waals surface area contributed by atoms with Gasteiger partial charge in [0, 0.05) is 42.1 Å². The molecule has 1 aliphatic heterocycles. The number of nitrogens with zero attached hydrogens (tertiary/aromatic N) is 2. The molecule has 0 spiro atoms. The number of nitrogen functional groups attached to an aromatic ring is 1. The third kappa shape index (κ3) is 7.19. The van der Waals surface area contributed by atoms with E-state index in [4.69, 9.17) is 11.1 Å². The van der Waals surface area contributed by atoms with E-state index in [-0.39, 0.29) is 24.2 Å². The average Bonchev–Trinajstić information content (AvgIpc) is 3.00. The lowest BCUT2D eigenvalue weighted by molar-refractivity contribution is -0.118. The fourth-order valence-corrected chi connectivity index (χ4v) is 5.21. The molecule has 5 rings (SSSR count). The minimum Gasteiger partial charge on any atom is -0.384 e. The van der Waals surface area contributed by atoms with Crippen LogP contribution in [-0.2, 0) is 29.0 Å². The van der Waals surface area contributed by atoms with Crippen molar-refractivity contribution in [2.24, 2.45) is 5.73 Å². The Morgan fingerprint density at radius 1 is 0.878 bits per heavy atom. The van der Waals surface area contributed by atoms with Crippen molar-refractivity contribution in [3.8, 4) is 0 Å². The normalized spacial score (nSPS) is 12.3. The average molecular weight is 546 g/mol. The second-order valence-electron chi connectivity index (χ2n) is 10.3. The van der Waals surface area contributed by atoms with E-state index in [0.717, 1.165) is 46.6 Å². The van der Waals surface area contributed by atoms with Gasteiger partial charge in [-0.25, -0.2) is 0 Å². The maximum Gasteiger partial charge on any atom is 0.243 e. The van der Waals surface area contributed by atoms with Gasteiger partial charge in [0.25, 0.3) is 0 Å². The van der Waals surface area contributed by atoms with Crippen LogP contribution in [0.2, 0.25) is 0 Å². The number of nitrogens with one attached hydrogen (secondary N) is 2. The second kappa shape index (κ2) is 13.0. The zero-order chi connectivity index (χ0) is 28.6. The molecule has 41 heavy (non-hydrogen) atoms. The molecule has 2 amide bonds. The molecule has 4 aromatic rings. The Bertz CT molecular complexity index is 1500. The van der Waals surface area contributed by atoms with E-state index in [1.165, 1.54) is 0 Å². The number of anilines is 3. The lowest BCUT2D eigenvalue weighted by Crippen LogP contribution is -2.36. The highest BCUT2D eigenvalue weighted by atomic mass is 16.2. The molecule has 4 N–H and O–H groups in total. The van der Waals surface area contributed by atoms with Gasteiger partial charge in [0.1, 0.15) is 5.84 Å². The van der Waals surface area contributed by atoms with Gasteiger partial charge in [-0.3, -0.25) is 15.0 Å². The van der Waals surface area contributed by atoms with Gasteiger partial charge in [-0.15, -0.1) is 0 Å². The van der Waals surface area contributed by atoms with Crippen LogP contribution < -0.4 is 20.9 Å². The molecular weight excluding hydrogens is 510 g/mol. The van der Waals surface area contributed by atoms with Crippen molar-refractivity contribution in [3.63, 3.8) is 0 Å². The van der Waals surface area contributed by atoms with Gasteiger partial charge in [0.15, 0.2) is 0 Å². The smallest absolute Gasteiger partial charge is 0.243 e. The number of aryl methyl sites for hydroxylation is 2. The van der Waals surface area contributed by atoms with Crippen molar-refractivity contribution in [1.82, 2.24) is 0 Å². The summed E-state index contributed by atoms with van der Waals surface area (Å²) in [6, 6.07) is 33.3. The number of rotatable bonds is 10. The zero-order valence-electron chi connectivity index (χ0n) is 23.1. The summed E-state index contributed by atoms with van der Waals surface area (Å²) in [5.41, 5.74) is 12.2. The van der Waals surface area contributed by atoms with Crippen LogP contribution in [0.4, 0.5) is 17.1 Å². The molecule has 0 bridgehead atoms. The van der Waals surface area contributed by atoms with Gasteiger partial charge in [0.2, 0.25) is 11.8 Å². The molecule has 0 radical (unpaired) electrons. The van der Waals surface area contributed by atoms with E-state index in [9.17, 15) is 9.59 Å². The van der Waals surface area contributed by atoms with Crippen LogP contribution in [0.1, 0.15) is 35.1 Å². The summed E-state index contributed by atoms with van der Waals surface area (Å²) in [4.78, 5) is 30.3. The van der Waals surface area contributed by atoms with Crippen LogP contribution in [0.5, 0.6) is 0 Å². The number of amides is 2. The Labute approximate surface area is 241 Å². The molecule has 7 heteroatoms. The van der Waals surface area contributed by atoms with E-state index in [1.54, 1.807) is 0 Å². The van der Waals surface area contributed by atoms with Gasteiger partial charge in [-0.1, -0.05) is 72.8 Å². The second-order valence-corrected chi connectivity index (χ2v) is 10.3. The summed E-state index contributed by atoms with van der Waals surface area (Å²) in [6.07, 6.45) is 2.81. The molecule has 1 aliphatic rings. The van der Waals surface area contributed by atoms with Crippen LogP contribution >= 0.6 is 0 Å². The van der Waals surface area contributed by atoms with Crippen molar-refractivity contribution in [1.29, 1.82) is 5.41 Å². The van der Waals surface area contributed by atoms with Crippen LogP contribution in [0.15, 0.2) is 103 Å². The van der Waals surface area contributed by atoms with E-state index < -0.39 is 0 Å². The number of carbonyl (C=O) groups excluding carboxylic acids is 2. The molecule has 208 valence electrons. The number of hydrogen-bond acceptors (Lipinski definition) is 4. The predicted molar refractivity (Wildman–Crippen MR) is 165 cm³/mol. The van der Waals surface area contributed by atoms with Crippen molar-refractivity contribution in [2.75, 3.05) is 28.2 Å². The predicted octanol–water partition coefficient (Wildman–Crippen LogP) is 5.53. The van der Waals surface area contributed by atoms with Gasteiger partial charge in [-0.05, 0) is 66.3 Å². The summed E-state index contributed by atoms with van der Waals surface area (Å²) < 4.78 is 0. The quantitative estimate of drug-likeness (QED) is 0.180. The first kappa shape index (κ1) is 27.6. The number of amidine groups is 1. The molecule has 1 heterocycles. The van der Waals surface area contributed by atoms with E-state index >= 15 is 0 Å². The Morgan fingerprint density at radius 3 is 2.29 bits per heavy atom.